The molecule has 1 fully saturated rings. The minimum atomic E-state index is -1.77. The first-order valence-corrected chi connectivity index (χ1v) is 10.6. The molecule has 5 heteroatoms. The number of alkyl halides is 1. The predicted molar refractivity (Wildman–Crippen MR) is 82.1 cm³/mol. The molecule has 0 aromatic rings. The van der Waals surface area contributed by atoms with Crippen LogP contribution in [-0.2, 0) is 9.22 Å². The molecule has 100 valence electrons. The van der Waals surface area contributed by atoms with Gasteiger partial charge in [0.2, 0.25) is 5.91 Å². The standard InChI is InChI=1S/C12H24INO2Si/c1-8(10-9(7-13)14-11(10)15)16-17(5,6)12(2,3)4/h8-10H,7H2,1-6H3,(H,14,15)/t8-,9-,10-/m1/s1. The van der Waals surface area contributed by atoms with Crippen LogP contribution in [0.25, 0.3) is 0 Å². The van der Waals surface area contributed by atoms with E-state index >= 15 is 0 Å². The van der Waals surface area contributed by atoms with Gasteiger partial charge in [0.25, 0.3) is 0 Å². The van der Waals surface area contributed by atoms with Crippen LogP contribution in [0.4, 0.5) is 0 Å². The average molecular weight is 369 g/mol. The predicted octanol–water partition coefficient (Wildman–Crippen LogP) is 2.95. The smallest absolute Gasteiger partial charge is 0.228 e. The van der Waals surface area contributed by atoms with E-state index in [1.165, 1.54) is 0 Å². The number of carbonyl (C=O) groups is 1. The van der Waals surface area contributed by atoms with Crippen LogP contribution in [0.5, 0.6) is 0 Å². The van der Waals surface area contributed by atoms with E-state index in [2.05, 4.69) is 61.8 Å². The van der Waals surface area contributed by atoms with Crippen LogP contribution in [0.15, 0.2) is 0 Å². The van der Waals surface area contributed by atoms with Crippen LogP contribution in [0, 0.1) is 5.92 Å². The zero-order valence-corrected chi connectivity index (χ0v) is 14.8. The highest BCUT2D eigenvalue weighted by Crippen LogP contribution is 2.39. The summed E-state index contributed by atoms with van der Waals surface area (Å²) in [5, 5.41) is 3.13. The third kappa shape index (κ3) is 3.23. The number of β-lactam (4-membered cyclic amide) rings is 1. The van der Waals surface area contributed by atoms with E-state index in [9.17, 15) is 4.79 Å². The van der Waals surface area contributed by atoms with Gasteiger partial charge in [0, 0.05) is 4.43 Å². The highest BCUT2D eigenvalue weighted by atomic mass is 127. The number of halogens is 1. The summed E-state index contributed by atoms with van der Waals surface area (Å²) in [6.45, 7) is 13.2. The molecule has 0 spiro atoms. The number of hydrogen-bond donors (Lipinski definition) is 1. The van der Waals surface area contributed by atoms with Gasteiger partial charge < -0.3 is 9.74 Å². The van der Waals surface area contributed by atoms with E-state index in [1.54, 1.807) is 0 Å². The second-order valence-corrected chi connectivity index (χ2v) is 12.0. The zero-order chi connectivity index (χ0) is 13.4. The highest BCUT2D eigenvalue weighted by molar-refractivity contribution is 14.1. The number of amides is 1. The van der Waals surface area contributed by atoms with Crippen LogP contribution >= 0.6 is 22.6 Å². The molecule has 3 nitrogen and oxygen atoms in total. The van der Waals surface area contributed by atoms with E-state index in [0.717, 1.165) is 4.43 Å². The molecule has 0 saturated carbocycles. The molecular formula is C12H24INO2Si. The molecule has 1 aliphatic rings. The first-order chi connectivity index (χ1) is 7.60. The maximum Gasteiger partial charge on any atom is 0.228 e. The molecule has 1 heterocycles. The number of carbonyl (C=O) groups excluding carboxylic acids is 1. The average Bonchev–Trinajstić information content (AvgIpc) is 2.10. The Morgan fingerprint density at radius 2 is 2.00 bits per heavy atom. The molecule has 1 aliphatic heterocycles. The van der Waals surface area contributed by atoms with Crippen molar-refractivity contribution in [3.05, 3.63) is 0 Å². The fourth-order valence-corrected chi connectivity index (χ4v) is 4.04. The molecule has 1 saturated heterocycles. The van der Waals surface area contributed by atoms with Gasteiger partial charge in [-0.05, 0) is 25.1 Å². The van der Waals surface area contributed by atoms with Crippen molar-refractivity contribution >= 4 is 36.8 Å². The Kier molecular flexibility index (Phi) is 4.69. The van der Waals surface area contributed by atoms with Crippen LogP contribution in [0.2, 0.25) is 18.1 Å². The Labute approximate surface area is 119 Å². The second kappa shape index (κ2) is 5.17. The summed E-state index contributed by atoms with van der Waals surface area (Å²) in [5.41, 5.74) is 0. The third-order valence-electron chi connectivity index (χ3n) is 4.02. The molecule has 1 N–H and O–H groups in total. The molecule has 0 bridgehead atoms. The lowest BCUT2D eigenvalue weighted by Crippen LogP contribution is -2.64. The van der Waals surface area contributed by atoms with E-state index in [4.69, 9.17) is 4.43 Å². The van der Waals surface area contributed by atoms with E-state index in [-0.39, 0.29) is 23.0 Å². The van der Waals surface area contributed by atoms with Crippen molar-refractivity contribution in [1.82, 2.24) is 5.32 Å². The lowest BCUT2D eigenvalue weighted by atomic mass is 9.87. The zero-order valence-electron chi connectivity index (χ0n) is 11.6. The van der Waals surface area contributed by atoms with Crippen molar-refractivity contribution in [1.29, 1.82) is 0 Å². The van der Waals surface area contributed by atoms with E-state index in [0.29, 0.717) is 6.04 Å². The van der Waals surface area contributed by atoms with Crippen LogP contribution in [0.3, 0.4) is 0 Å². The summed E-state index contributed by atoms with van der Waals surface area (Å²) in [5.74, 6) is 0.193. The van der Waals surface area contributed by atoms with Gasteiger partial charge in [-0.25, -0.2) is 0 Å². The fraction of sp³-hybridized carbons (Fsp3) is 0.917. The Hall–Kier alpha value is 0.377. The van der Waals surface area contributed by atoms with Crippen LogP contribution < -0.4 is 5.32 Å². The molecule has 1 amide bonds. The van der Waals surface area contributed by atoms with E-state index < -0.39 is 8.32 Å². The fourth-order valence-electron chi connectivity index (χ4n) is 1.84. The summed E-state index contributed by atoms with van der Waals surface area (Å²) in [6, 6.07) is 0.294. The largest absolute Gasteiger partial charge is 0.413 e. The van der Waals surface area contributed by atoms with Crippen molar-refractivity contribution in [3.8, 4) is 0 Å². The molecule has 0 unspecified atom stereocenters. The maximum absolute atomic E-state index is 11.6. The van der Waals surface area contributed by atoms with Gasteiger partial charge in [-0.1, -0.05) is 43.4 Å². The van der Waals surface area contributed by atoms with Gasteiger partial charge in [0.15, 0.2) is 8.32 Å². The minimum absolute atomic E-state index is 0.0319. The monoisotopic (exact) mass is 369 g/mol. The number of nitrogens with one attached hydrogen (secondary N) is 1. The van der Waals surface area contributed by atoms with Gasteiger partial charge in [-0.2, -0.15) is 0 Å². The topological polar surface area (TPSA) is 38.3 Å². The lowest BCUT2D eigenvalue weighted by molar-refractivity contribution is -0.138. The molecule has 17 heavy (non-hydrogen) atoms. The van der Waals surface area contributed by atoms with Crippen molar-refractivity contribution in [2.75, 3.05) is 4.43 Å². The minimum Gasteiger partial charge on any atom is -0.413 e. The van der Waals surface area contributed by atoms with Gasteiger partial charge >= 0.3 is 0 Å². The molecule has 0 aromatic heterocycles. The normalized spacial score (nSPS) is 27.4. The second-order valence-electron chi connectivity index (χ2n) is 6.38. The SMILES string of the molecule is C[C@@H](O[Si](C)(C)C(C)(C)C)[C@H]1C(=O)N[C@@H]1CI. The summed E-state index contributed by atoms with van der Waals surface area (Å²) in [6.07, 6.45) is 0.0319. The lowest BCUT2D eigenvalue weighted by Gasteiger charge is -2.45. The van der Waals surface area contributed by atoms with E-state index in [1.807, 2.05) is 6.92 Å². The van der Waals surface area contributed by atoms with Crippen LogP contribution in [-0.4, -0.2) is 30.8 Å². The molecule has 0 radical (unpaired) electrons. The number of hydrogen-bond acceptors (Lipinski definition) is 2. The first-order valence-electron chi connectivity index (χ1n) is 6.14. The Morgan fingerprint density at radius 1 is 1.47 bits per heavy atom. The van der Waals surface area contributed by atoms with Crippen LogP contribution in [0.1, 0.15) is 27.7 Å². The molecule has 0 aliphatic carbocycles. The third-order valence-corrected chi connectivity index (χ3v) is 9.54. The Morgan fingerprint density at radius 3 is 2.35 bits per heavy atom. The van der Waals surface area contributed by atoms with Gasteiger partial charge in [0.1, 0.15) is 0 Å². The molecular weight excluding hydrogens is 345 g/mol. The summed E-state index contributed by atoms with van der Waals surface area (Å²) in [4.78, 5) is 11.6. The Balaban J connectivity index is 2.66. The Bertz CT molecular complexity index is 301. The maximum atomic E-state index is 11.6. The number of rotatable bonds is 4. The van der Waals surface area contributed by atoms with Crippen molar-refractivity contribution < 1.29 is 9.22 Å². The highest BCUT2D eigenvalue weighted by Gasteiger charge is 2.46. The van der Waals surface area contributed by atoms with Crippen molar-refractivity contribution in [2.24, 2.45) is 5.92 Å². The van der Waals surface area contributed by atoms with Crippen molar-refractivity contribution in [2.45, 2.75) is 58.0 Å². The summed E-state index contributed by atoms with van der Waals surface area (Å²) in [7, 11) is -1.77. The molecule has 0 aromatic carbocycles. The summed E-state index contributed by atoms with van der Waals surface area (Å²) >= 11 is 2.32. The quantitative estimate of drug-likeness (QED) is 0.358. The van der Waals surface area contributed by atoms with Crippen molar-refractivity contribution in [3.63, 3.8) is 0 Å². The summed E-state index contributed by atoms with van der Waals surface area (Å²) < 4.78 is 7.24. The molecule has 3 atom stereocenters. The van der Waals surface area contributed by atoms with Gasteiger partial charge in [0.05, 0.1) is 18.1 Å². The first kappa shape index (κ1) is 15.4. The van der Waals surface area contributed by atoms with Gasteiger partial charge in [-0.15, -0.1) is 0 Å². The van der Waals surface area contributed by atoms with Gasteiger partial charge in [-0.3, -0.25) is 4.79 Å². The molecule has 1 rings (SSSR count).